The third-order valence-corrected chi connectivity index (χ3v) is 2.26. The first kappa shape index (κ1) is 13.4. The van der Waals surface area contributed by atoms with Crippen LogP contribution in [0, 0.1) is 10.1 Å². The van der Waals surface area contributed by atoms with Crippen LogP contribution in [-0.2, 0) is 6.54 Å². The van der Waals surface area contributed by atoms with Gasteiger partial charge in [0, 0.05) is 12.6 Å². The highest BCUT2D eigenvalue weighted by Gasteiger charge is 2.15. The highest BCUT2D eigenvalue weighted by atomic mass is 16.6. The zero-order valence-corrected chi connectivity index (χ0v) is 10.2. The smallest absolute Gasteiger partial charge is 0.311 e. The molecule has 1 aromatic rings. The van der Waals surface area contributed by atoms with Crippen molar-refractivity contribution in [3.05, 3.63) is 33.9 Å². The maximum Gasteiger partial charge on any atom is 0.311 e. The highest BCUT2D eigenvalue weighted by Crippen LogP contribution is 2.28. The van der Waals surface area contributed by atoms with Gasteiger partial charge in [0.2, 0.25) is 0 Å². The molecular weight excluding hydrogens is 220 g/mol. The summed E-state index contributed by atoms with van der Waals surface area (Å²) in [4.78, 5) is 10.5. The van der Waals surface area contributed by atoms with Crippen LogP contribution in [0.2, 0.25) is 0 Å². The molecule has 0 bridgehead atoms. The molecule has 5 nitrogen and oxygen atoms in total. The van der Waals surface area contributed by atoms with Crippen molar-refractivity contribution in [1.82, 2.24) is 5.32 Å². The summed E-state index contributed by atoms with van der Waals surface area (Å²) in [7, 11) is 0. The Morgan fingerprint density at radius 1 is 1.41 bits per heavy atom. The molecule has 0 aromatic heterocycles. The van der Waals surface area contributed by atoms with Crippen LogP contribution in [0.25, 0.3) is 0 Å². The molecule has 1 aromatic carbocycles. The molecule has 94 valence electrons. The van der Waals surface area contributed by atoms with Gasteiger partial charge in [-0.1, -0.05) is 19.9 Å². The lowest BCUT2D eigenvalue weighted by atomic mass is 10.2. The minimum absolute atomic E-state index is 0.0360. The monoisotopic (exact) mass is 238 g/mol. The lowest BCUT2D eigenvalue weighted by molar-refractivity contribution is -0.385. The van der Waals surface area contributed by atoms with Gasteiger partial charge in [-0.15, -0.1) is 0 Å². The van der Waals surface area contributed by atoms with Gasteiger partial charge >= 0.3 is 5.69 Å². The molecular formula is C12H18N2O3. The van der Waals surface area contributed by atoms with E-state index in [2.05, 4.69) is 5.32 Å². The van der Waals surface area contributed by atoms with E-state index in [1.54, 1.807) is 12.1 Å². The summed E-state index contributed by atoms with van der Waals surface area (Å²) in [5.74, 6) is 0.345. The maximum absolute atomic E-state index is 10.9. The van der Waals surface area contributed by atoms with Crippen molar-refractivity contribution < 1.29 is 9.66 Å². The Labute approximate surface area is 101 Å². The Balaban J connectivity index is 2.87. The van der Waals surface area contributed by atoms with Gasteiger partial charge in [-0.25, -0.2) is 0 Å². The van der Waals surface area contributed by atoms with E-state index in [1.165, 1.54) is 0 Å². The lowest BCUT2D eigenvalue weighted by Gasteiger charge is -2.07. The van der Waals surface area contributed by atoms with Gasteiger partial charge in [-0.2, -0.15) is 0 Å². The molecule has 0 aliphatic carbocycles. The SMILES string of the molecule is CCCOc1ccc(CNCC)cc1[N+](=O)[O-]. The molecule has 5 heteroatoms. The average Bonchev–Trinajstić information content (AvgIpc) is 2.34. The van der Waals surface area contributed by atoms with Gasteiger partial charge in [-0.3, -0.25) is 10.1 Å². The van der Waals surface area contributed by atoms with Crippen LogP contribution in [0.15, 0.2) is 18.2 Å². The van der Waals surface area contributed by atoms with Crippen molar-refractivity contribution in [3.8, 4) is 5.75 Å². The van der Waals surface area contributed by atoms with Gasteiger partial charge in [0.15, 0.2) is 5.75 Å². The van der Waals surface area contributed by atoms with Crippen LogP contribution >= 0.6 is 0 Å². The van der Waals surface area contributed by atoms with Crippen molar-refractivity contribution in [1.29, 1.82) is 0 Å². The Bertz CT molecular complexity index is 380. The van der Waals surface area contributed by atoms with Crippen LogP contribution in [0.3, 0.4) is 0 Å². The summed E-state index contributed by atoms with van der Waals surface area (Å²) >= 11 is 0. The number of nitrogens with one attached hydrogen (secondary N) is 1. The molecule has 1 rings (SSSR count). The Hall–Kier alpha value is -1.62. The number of nitro groups is 1. The summed E-state index contributed by atoms with van der Waals surface area (Å²) < 4.78 is 5.34. The van der Waals surface area contributed by atoms with Crippen molar-refractivity contribution in [2.75, 3.05) is 13.2 Å². The first-order valence-electron chi connectivity index (χ1n) is 5.79. The van der Waals surface area contributed by atoms with E-state index in [-0.39, 0.29) is 5.69 Å². The summed E-state index contributed by atoms with van der Waals surface area (Å²) in [6.45, 7) is 5.92. The summed E-state index contributed by atoms with van der Waals surface area (Å²) in [5.41, 5.74) is 0.927. The van der Waals surface area contributed by atoms with Gasteiger partial charge < -0.3 is 10.1 Å². The minimum atomic E-state index is -0.402. The second kappa shape index (κ2) is 6.85. The molecule has 0 heterocycles. The zero-order valence-electron chi connectivity index (χ0n) is 10.2. The second-order valence-corrected chi connectivity index (χ2v) is 3.69. The number of benzene rings is 1. The highest BCUT2D eigenvalue weighted by molar-refractivity contribution is 5.48. The number of nitro benzene ring substituents is 1. The minimum Gasteiger partial charge on any atom is -0.487 e. The fourth-order valence-electron chi connectivity index (χ4n) is 1.42. The molecule has 0 amide bonds. The molecule has 0 aliphatic heterocycles. The normalized spacial score (nSPS) is 10.2. The standard InChI is InChI=1S/C12H18N2O3/c1-3-7-17-12-6-5-10(9-13-4-2)8-11(12)14(15)16/h5-6,8,13H,3-4,7,9H2,1-2H3. The molecule has 0 saturated heterocycles. The summed E-state index contributed by atoms with van der Waals surface area (Å²) in [6, 6.07) is 5.08. The van der Waals surface area contributed by atoms with Crippen LogP contribution in [0.4, 0.5) is 5.69 Å². The average molecular weight is 238 g/mol. The fraction of sp³-hybridized carbons (Fsp3) is 0.500. The topological polar surface area (TPSA) is 64.4 Å². The van der Waals surface area contributed by atoms with Crippen LogP contribution in [0.5, 0.6) is 5.75 Å². The van der Waals surface area contributed by atoms with Gasteiger partial charge in [0.25, 0.3) is 0 Å². The van der Waals surface area contributed by atoms with Gasteiger partial charge in [0.1, 0.15) is 0 Å². The van der Waals surface area contributed by atoms with Crippen LogP contribution in [0.1, 0.15) is 25.8 Å². The zero-order chi connectivity index (χ0) is 12.7. The first-order valence-corrected chi connectivity index (χ1v) is 5.79. The predicted octanol–water partition coefficient (Wildman–Crippen LogP) is 2.49. The van der Waals surface area contributed by atoms with Gasteiger partial charge in [0.05, 0.1) is 11.5 Å². The fourth-order valence-corrected chi connectivity index (χ4v) is 1.42. The molecule has 0 saturated carbocycles. The molecule has 0 aliphatic rings. The quantitative estimate of drug-likeness (QED) is 0.585. The van der Waals surface area contributed by atoms with Crippen molar-refractivity contribution in [2.45, 2.75) is 26.8 Å². The number of ether oxygens (including phenoxy) is 1. The van der Waals surface area contributed by atoms with E-state index in [4.69, 9.17) is 4.74 Å². The first-order chi connectivity index (χ1) is 8.19. The Morgan fingerprint density at radius 2 is 2.18 bits per heavy atom. The second-order valence-electron chi connectivity index (χ2n) is 3.69. The molecule has 0 spiro atoms. The maximum atomic E-state index is 10.9. The molecule has 0 atom stereocenters. The van der Waals surface area contributed by atoms with Crippen LogP contribution < -0.4 is 10.1 Å². The van der Waals surface area contributed by atoms with E-state index in [9.17, 15) is 10.1 Å². The van der Waals surface area contributed by atoms with E-state index in [0.717, 1.165) is 18.5 Å². The van der Waals surface area contributed by atoms with Crippen molar-refractivity contribution in [2.24, 2.45) is 0 Å². The van der Waals surface area contributed by atoms with E-state index in [0.29, 0.717) is 18.9 Å². The van der Waals surface area contributed by atoms with E-state index in [1.807, 2.05) is 19.9 Å². The number of hydrogen-bond donors (Lipinski definition) is 1. The predicted molar refractivity (Wildman–Crippen MR) is 66.3 cm³/mol. The Morgan fingerprint density at radius 3 is 2.76 bits per heavy atom. The summed E-state index contributed by atoms with van der Waals surface area (Å²) in [6.07, 6.45) is 0.830. The third kappa shape index (κ3) is 4.03. The van der Waals surface area contributed by atoms with Crippen molar-refractivity contribution in [3.63, 3.8) is 0 Å². The number of hydrogen-bond acceptors (Lipinski definition) is 4. The summed E-state index contributed by atoms with van der Waals surface area (Å²) in [5, 5.41) is 14.0. The third-order valence-electron chi connectivity index (χ3n) is 2.26. The molecule has 0 radical (unpaired) electrons. The van der Waals surface area contributed by atoms with Crippen LogP contribution in [-0.4, -0.2) is 18.1 Å². The van der Waals surface area contributed by atoms with E-state index >= 15 is 0 Å². The molecule has 0 unspecified atom stereocenters. The van der Waals surface area contributed by atoms with Crippen molar-refractivity contribution >= 4 is 5.69 Å². The molecule has 17 heavy (non-hydrogen) atoms. The largest absolute Gasteiger partial charge is 0.487 e. The Kier molecular flexibility index (Phi) is 5.42. The molecule has 1 N–H and O–H groups in total. The van der Waals surface area contributed by atoms with E-state index < -0.39 is 4.92 Å². The molecule has 0 fully saturated rings. The number of nitrogens with zero attached hydrogens (tertiary/aromatic N) is 1. The van der Waals surface area contributed by atoms with Gasteiger partial charge in [-0.05, 0) is 24.6 Å². The lowest BCUT2D eigenvalue weighted by Crippen LogP contribution is -2.12. The number of rotatable bonds is 7.